The first-order chi connectivity index (χ1) is 13.1. The Bertz CT molecular complexity index is 613. The Morgan fingerprint density at radius 1 is 1.00 bits per heavy atom. The van der Waals surface area contributed by atoms with Gasteiger partial charge < -0.3 is 4.90 Å². The Morgan fingerprint density at radius 2 is 1.59 bits per heavy atom. The molecular formula is C19H37FN2. The van der Waals surface area contributed by atoms with Crippen molar-refractivity contribution >= 4 is 0 Å². The van der Waals surface area contributed by atoms with Crippen molar-refractivity contribution in [1.82, 2.24) is 9.80 Å². The molecule has 1 saturated carbocycles. The highest BCUT2D eigenvalue weighted by atomic mass is 19.1. The van der Waals surface area contributed by atoms with Crippen LogP contribution >= 0.6 is 0 Å². The number of alkyl halides is 1. The molecule has 0 amide bonds. The molecule has 2 rings (SSSR count). The van der Waals surface area contributed by atoms with E-state index in [4.69, 9.17) is 11.0 Å². The van der Waals surface area contributed by atoms with Crippen LogP contribution in [-0.2, 0) is 0 Å². The van der Waals surface area contributed by atoms with Crippen LogP contribution in [0.4, 0.5) is 4.39 Å². The second-order valence-corrected chi connectivity index (χ2v) is 8.73. The van der Waals surface area contributed by atoms with Crippen LogP contribution in [0.1, 0.15) is 71.8 Å². The second kappa shape index (κ2) is 6.76. The van der Waals surface area contributed by atoms with E-state index >= 15 is 0 Å². The lowest BCUT2D eigenvalue weighted by atomic mass is 9.68. The highest BCUT2D eigenvalue weighted by Gasteiger charge is 2.38. The normalized spacial score (nSPS) is 47.7. The molecule has 3 atom stereocenters. The van der Waals surface area contributed by atoms with E-state index in [1.807, 2.05) is 20.8 Å². The molecule has 1 heterocycles. The first-order valence-electron chi connectivity index (χ1n) is 12.3. The fourth-order valence-corrected chi connectivity index (χ4v) is 3.30. The molecule has 0 aromatic carbocycles. The summed E-state index contributed by atoms with van der Waals surface area (Å²) in [5.41, 5.74) is -1.38. The molecule has 2 fully saturated rings. The van der Waals surface area contributed by atoms with Crippen LogP contribution in [0.2, 0.25) is 0 Å². The maximum Gasteiger partial charge on any atom is 0.104 e. The van der Waals surface area contributed by atoms with E-state index < -0.39 is 37.7 Å². The molecule has 0 aromatic heterocycles. The van der Waals surface area contributed by atoms with Gasteiger partial charge in [-0.25, -0.2) is 4.39 Å². The van der Waals surface area contributed by atoms with Crippen LogP contribution < -0.4 is 0 Å². The standard InChI is InChI=1S/C19H37FN2/c1-18(2,3)16-8-7-15(13-17(16)20)14-21-9-11-22(12-10-21)19(4,5)6/h15-17H,7-14H2,1-6H3/i9D2,10D2,11D2,12D2. The summed E-state index contributed by atoms with van der Waals surface area (Å²) in [6.07, 6.45) is 0.188. The Morgan fingerprint density at radius 3 is 2.05 bits per heavy atom. The van der Waals surface area contributed by atoms with Crippen molar-refractivity contribution in [3.05, 3.63) is 0 Å². The van der Waals surface area contributed by atoms with Crippen molar-refractivity contribution in [2.45, 2.75) is 72.5 Å². The number of rotatable bonds is 2. The SMILES string of the molecule is [2H]C1([2H])N(CC2CCC(C(C)(C)C)C(F)C2)C([2H])([2H])C([2H])([2H])N(C(C)(C)C)C1([2H])[2H]. The van der Waals surface area contributed by atoms with Crippen molar-refractivity contribution in [3.63, 3.8) is 0 Å². The summed E-state index contributed by atoms with van der Waals surface area (Å²) in [5.74, 6) is -0.519. The summed E-state index contributed by atoms with van der Waals surface area (Å²) in [6, 6.07) is 0. The van der Waals surface area contributed by atoms with Gasteiger partial charge >= 0.3 is 0 Å². The molecule has 0 aromatic rings. The molecule has 130 valence electrons. The lowest BCUT2D eigenvalue weighted by Gasteiger charge is -2.44. The molecule has 0 radical (unpaired) electrons. The Balaban J connectivity index is 2.39. The monoisotopic (exact) mass is 320 g/mol. The molecule has 0 N–H and O–H groups in total. The van der Waals surface area contributed by atoms with Crippen LogP contribution in [-0.4, -0.2) is 54.0 Å². The predicted molar refractivity (Wildman–Crippen MR) is 92.9 cm³/mol. The zero-order valence-corrected chi connectivity index (χ0v) is 14.8. The summed E-state index contributed by atoms with van der Waals surface area (Å²) in [5, 5.41) is 0. The molecule has 3 heteroatoms. The van der Waals surface area contributed by atoms with Gasteiger partial charge in [-0.3, -0.25) is 4.90 Å². The van der Waals surface area contributed by atoms with Crippen molar-refractivity contribution in [3.8, 4) is 0 Å². The number of hydrogen-bond donors (Lipinski definition) is 0. The van der Waals surface area contributed by atoms with E-state index in [-0.39, 0.29) is 30.2 Å². The zero-order chi connectivity index (χ0) is 23.7. The van der Waals surface area contributed by atoms with Gasteiger partial charge in [-0.05, 0) is 57.3 Å². The van der Waals surface area contributed by atoms with Crippen molar-refractivity contribution < 1.29 is 15.4 Å². The van der Waals surface area contributed by atoms with Crippen LogP contribution in [0.25, 0.3) is 0 Å². The largest absolute Gasteiger partial charge is 0.301 e. The lowest BCUT2D eigenvalue weighted by Crippen LogP contribution is -2.54. The first kappa shape index (κ1) is 9.98. The third-order valence-electron chi connectivity index (χ3n) is 4.70. The summed E-state index contributed by atoms with van der Waals surface area (Å²) in [7, 11) is 0. The van der Waals surface area contributed by atoms with Gasteiger partial charge in [-0.15, -0.1) is 0 Å². The third kappa shape index (κ3) is 4.67. The van der Waals surface area contributed by atoms with Crippen molar-refractivity contribution in [1.29, 1.82) is 0 Å². The summed E-state index contributed by atoms with van der Waals surface area (Å²) in [6.45, 7) is -0.942. The van der Waals surface area contributed by atoms with Crippen molar-refractivity contribution in [2.24, 2.45) is 17.3 Å². The molecule has 1 aliphatic heterocycles. The molecule has 0 bridgehead atoms. The van der Waals surface area contributed by atoms with Crippen LogP contribution in [0.3, 0.4) is 0 Å². The van der Waals surface area contributed by atoms with Gasteiger partial charge in [0.05, 0.1) is 0 Å². The van der Waals surface area contributed by atoms with Crippen LogP contribution in [0.5, 0.6) is 0 Å². The topological polar surface area (TPSA) is 6.48 Å². The number of piperazine rings is 1. The average Bonchev–Trinajstić information content (AvgIpc) is 2.47. The Kier molecular flexibility index (Phi) is 3.07. The van der Waals surface area contributed by atoms with E-state index in [2.05, 4.69) is 0 Å². The molecule has 3 unspecified atom stereocenters. The molecule has 1 saturated heterocycles. The van der Waals surface area contributed by atoms with Crippen LogP contribution in [0.15, 0.2) is 0 Å². The lowest BCUT2D eigenvalue weighted by molar-refractivity contribution is 0.0208. The molecule has 1 aliphatic carbocycles. The number of halogens is 1. The predicted octanol–water partition coefficient (Wildman–Crippen LogP) is 4.20. The summed E-state index contributed by atoms with van der Waals surface area (Å²) in [4.78, 5) is 1.33. The Hall–Kier alpha value is -0.150. The third-order valence-corrected chi connectivity index (χ3v) is 4.70. The quantitative estimate of drug-likeness (QED) is 0.752. The van der Waals surface area contributed by atoms with Gasteiger partial charge in [0.15, 0.2) is 0 Å². The minimum atomic E-state index is -2.82. The van der Waals surface area contributed by atoms with Gasteiger partial charge in [-0.1, -0.05) is 20.8 Å². The van der Waals surface area contributed by atoms with Gasteiger partial charge in [0.25, 0.3) is 0 Å². The maximum absolute atomic E-state index is 14.9. The van der Waals surface area contributed by atoms with Gasteiger partial charge in [0.1, 0.15) is 6.17 Å². The van der Waals surface area contributed by atoms with E-state index in [0.717, 1.165) is 0 Å². The maximum atomic E-state index is 14.9. The fourth-order valence-electron chi connectivity index (χ4n) is 3.30. The van der Waals surface area contributed by atoms with Gasteiger partial charge in [0, 0.05) is 49.0 Å². The smallest absolute Gasteiger partial charge is 0.104 e. The average molecular weight is 321 g/mol. The molecule has 2 nitrogen and oxygen atoms in total. The minimum absolute atomic E-state index is 0.138. The molecular weight excluding hydrogens is 275 g/mol. The van der Waals surface area contributed by atoms with E-state index in [1.54, 1.807) is 0 Å². The Labute approximate surface area is 148 Å². The molecule has 0 spiro atoms. The van der Waals surface area contributed by atoms with E-state index in [0.29, 0.717) is 22.6 Å². The zero-order valence-electron chi connectivity index (χ0n) is 22.8. The summed E-state index contributed by atoms with van der Waals surface area (Å²) < 4.78 is 82.8. The van der Waals surface area contributed by atoms with E-state index in [9.17, 15) is 4.39 Å². The van der Waals surface area contributed by atoms with Crippen molar-refractivity contribution in [2.75, 3.05) is 32.5 Å². The fraction of sp³-hybridized carbons (Fsp3) is 1.00. The number of nitrogens with zero attached hydrogens (tertiary/aromatic N) is 2. The van der Waals surface area contributed by atoms with Gasteiger partial charge in [-0.2, -0.15) is 0 Å². The minimum Gasteiger partial charge on any atom is -0.301 e. The second-order valence-electron chi connectivity index (χ2n) is 8.73. The molecule has 2 aliphatic rings. The first-order valence-corrected chi connectivity index (χ1v) is 8.32. The number of hydrogen-bond acceptors (Lipinski definition) is 2. The van der Waals surface area contributed by atoms with Gasteiger partial charge in [0.2, 0.25) is 0 Å². The highest BCUT2D eigenvalue weighted by molar-refractivity contribution is 4.89. The van der Waals surface area contributed by atoms with Crippen LogP contribution in [0, 0.1) is 17.3 Å². The highest BCUT2D eigenvalue weighted by Crippen LogP contribution is 2.41. The molecule has 22 heavy (non-hydrogen) atoms. The van der Waals surface area contributed by atoms with E-state index in [1.165, 1.54) is 20.8 Å². The summed E-state index contributed by atoms with van der Waals surface area (Å²) >= 11 is 0.